The van der Waals surface area contributed by atoms with Gasteiger partial charge in [0, 0.05) is 41.3 Å². The van der Waals surface area contributed by atoms with Crippen LogP contribution in [0, 0.1) is 17.7 Å². The Morgan fingerprint density at radius 1 is 1.11 bits per heavy atom. The normalized spacial score (nSPS) is 26.7. The summed E-state index contributed by atoms with van der Waals surface area (Å²) in [6.45, 7) is 0. The Morgan fingerprint density at radius 3 is 2.50 bits per heavy atom. The molecule has 0 fully saturated rings. The molecule has 10 heteroatoms. The Morgan fingerprint density at radius 2 is 1.82 bits per heavy atom. The van der Waals surface area contributed by atoms with E-state index in [0.29, 0.717) is 16.5 Å². The Balaban J connectivity index is 1.66. The van der Waals surface area contributed by atoms with Crippen LogP contribution in [-0.4, -0.2) is 48.5 Å². The van der Waals surface area contributed by atoms with E-state index in [4.69, 9.17) is 5.73 Å². The average Bonchev–Trinajstić information content (AvgIpc) is 2.87. The Kier molecular flexibility index (Phi) is 4.99. The SMILES string of the molecule is NC(=O)C1=C(O)C[C@@H]2CC3C(=C(O)[C@]2(O)C1=O)C(=O)c1c(cc2cccnc2c1O)[C@@H]3c1ccc(F)cc1. The zero-order valence-corrected chi connectivity index (χ0v) is 19.7. The molecular formula is C28H21FN2O7. The lowest BCUT2D eigenvalue weighted by molar-refractivity contribution is -0.144. The van der Waals surface area contributed by atoms with E-state index in [-0.39, 0.29) is 29.5 Å². The lowest BCUT2D eigenvalue weighted by Gasteiger charge is -2.48. The van der Waals surface area contributed by atoms with Crippen LogP contribution in [0.2, 0.25) is 0 Å². The number of fused-ring (bicyclic) bond motifs is 4. The summed E-state index contributed by atoms with van der Waals surface area (Å²) in [7, 11) is 0. The van der Waals surface area contributed by atoms with Crippen molar-refractivity contribution in [2.75, 3.05) is 0 Å². The first kappa shape index (κ1) is 23.8. The second-order valence-electron chi connectivity index (χ2n) is 9.91. The molecule has 38 heavy (non-hydrogen) atoms. The number of carbonyl (C=O) groups excluding carboxylic acids is 3. The van der Waals surface area contributed by atoms with Crippen molar-refractivity contribution in [3.8, 4) is 5.75 Å². The number of aromatic hydroxyl groups is 1. The Hall–Kier alpha value is -4.57. The molecule has 6 N–H and O–H groups in total. The van der Waals surface area contributed by atoms with Gasteiger partial charge in [0.1, 0.15) is 28.4 Å². The zero-order chi connectivity index (χ0) is 27.1. The van der Waals surface area contributed by atoms with Gasteiger partial charge in [0.2, 0.25) is 5.78 Å². The van der Waals surface area contributed by atoms with Crippen LogP contribution in [0.15, 0.2) is 71.3 Å². The highest BCUT2D eigenvalue weighted by Gasteiger charge is 2.61. The fourth-order valence-corrected chi connectivity index (χ4v) is 6.33. The summed E-state index contributed by atoms with van der Waals surface area (Å²) in [5.74, 6) is -8.52. The summed E-state index contributed by atoms with van der Waals surface area (Å²) in [4.78, 5) is 43.2. The van der Waals surface area contributed by atoms with E-state index in [9.17, 15) is 39.2 Å². The van der Waals surface area contributed by atoms with Crippen molar-refractivity contribution in [1.29, 1.82) is 0 Å². The van der Waals surface area contributed by atoms with E-state index in [2.05, 4.69) is 4.98 Å². The Labute approximate surface area is 214 Å². The third kappa shape index (κ3) is 3.00. The number of carbonyl (C=O) groups is 3. The number of amides is 1. The number of halogens is 1. The van der Waals surface area contributed by atoms with Crippen molar-refractivity contribution in [1.82, 2.24) is 4.98 Å². The average molecular weight is 516 g/mol. The first-order valence-corrected chi connectivity index (χ1v) is 11.9. The maximum Gasteiger partial charge on any atom is 0.255 e. The van der Waals surface area contributed by atoms with Crippen LogP contribution in [0.5, 0.6) is 5.75 Å². The number of hydrogen-bond donors (Lipinski definition) is 5. The van der Waals surface area contributed by atoms with Crippen molar-refractivity contribution in [2.45, 2.75) is 24.4 Å². The number of nitrogens with two attached hydrogens (primary N) is 1. The number of aliphatic hydroxyl groups excluding tert-OH is 2. The standard InChI is InChI=1S/C28H21FN2O7/c29-14-5-3-11(4-6-14)18-15-8-12-2-1-7-31-22(12)24(34)19(15)23(33)20-16(18)9-13-10-17(32)21(27(30)37)26(36)28(13,38)25(20)35/h1-8,13,16,18,32,34-35,38H,9-10H2,(H2,30,37)/t13-,16?,18-,28-/m0/s1. The van der Waals surface area contributed by atoms with Gasteiger partial charge in [-0.05, 0) is 41.8 Å². The third-order valence-electron chi connectivity index (χ3n) is 8.00. The first-order valence-electron chi connectivity index (χ1n) is 11.9. The number of phenols is 1. The van der Waals surface area contributed by atoms with E-state index < -0.39 is 69.5 Å². The van der Waals surface area contributed by atoms with Gasteiger partial charge in [-0.3, -0.25) is 19.4 Å². The van der Waals surface area contributed by atoms with Gasteiger partial charge in [-0.25, -0.2) is 4.39 Å². The van der Waals surface area contributed by atoms with Crippen molar-refractivity contribution in [3.63, 3.8) is 0 Å². The predicted molar refractivity (Wildman–Crippen MR) is 131 cm³/mol. The van der Waals surface area contributed by atoms with E-state index >= 15 is 0 Å². The van der Waals surface area contributed by atoms with Gasteiger partial charge < -0.3 is 26.2 Å². The molecule has 3 aliphatic carbocycles. The molecule has 4 atom stereocenters. The minimum atomic E-state index is -2.69. The summed E-state index contributed by atoms with van der Waals surface area (Å²) in [6.07, 6.45) is 1.03. The molecule has 3 aromatic rings. The molecule has 1 aromatic heterocycles. The van der Waals surface area contributed by atoms with Gasteiger partial charge >= 0.3 is 0 Å². The van der Waals surface area contributed by atoms with Gasteiger partial charge in [-0.15, -0.1) is 0 Å². The number of aromatic nitrogens is 1. The number of phenolic OH excluding ortho intramolecular Hbond substituents is 1. The van der Waals surface area contributed by atoms with Gasteiger partial charge in [-0.2, -0.15) is 0 Å². The first-order chi connectivity index (χ1) is 18.1. The lowest BCUT2D eigenvalue weighted by Crippen LogP contribution is -2.57. The second-order valence-corrected chi connectivity index (χ2v) is 9.91. The molecule has 6 rings (SSSR count). The van der Waals surface area contributed by atoms with E-state index in [1.165, 1.54) is 30.5 Å². The molecule has 1 amide bonds. The van der Waals surface area contributed by atoms with Gasteiger partial charge in [0.25, 0.3) is 5.91 Å². The number of primary amides is 1. The van der Waals surface area contributed by atoms with Gasteiger partial charge in [0.15, 0.2) is 17.1 Å². The van der Waals surface area contributed by atoms with Crippen LogP contribution < -0.4 is 5.73 Å². The number of Topliss-reactive ketones (excluding diaryl/α,β-unsaturated/α-hetero) is 2. The van der Waals surface area contributed by atoms with Crippen LogP contribution in [0.25, 0.3) is 10.9 Å². The minimum Gasteiger partial charge on any atom is -0.511 e. The molecule has 0 saturated heterocycles. The maximum absolute atomic E-state index is 13.9. The van der Waals surface area contributed by atoms with Crippen LogP contribution in [0.4, 0.5) is 4.39 Å². The number of rotatable bonds is 2. The predicted octanol–water partition coefficient (Wildman–Crippen LogP) is 2.86. The monoisotopic (exact) mass is 516 g/mol. The highest BCUT2D eigenvalue weighted by atomic mass is 19.1. The summed E-state index contributed by atoms with van der Waals surface area (Å²) in [5.41, 5.74) is 2.36. The molecule has 1 unspecified atom stereocenters. The molecule has 1 heterocycles. The summed E-state index contributed by atoms with van der Waals surface area (Å²) in [5, 5.41) is 45.1. The molecular weight excluding hydrogens is 495 g/mol. The molecule has 9 nitrogen and oxygen atoms in total. The van der Waals surface area contributed by atoms with Crippen molar-refractivity contribution < 1.29 is 39.2 Å². The fraction of sp³-hybridized carbons (Fsp3) is 0.214. The highest BCUT2D eigenvalue weighted by molar-refractivity contribution is 6.24. The quantitative estimate of drug-likeness (QED) is 0.324. The second kappa shape index (κ2) is 7.96. The van der Waals surface area contributed by atoms with Crippen molar-refractivity contribution >= 4 is 28.4 Å². The van der Waals surface area contributed by atoms with Gasteiger partial charge in [-0.1, -0.05) is 18.2 Å². The van der Waals surface area contributed by atoms with Crippen LogP contribution >= 0.6 is 0 Å². The smallest absolute Gasteiger partial charge is 0.255 e. The molecule has 0 saturated carbocycles. The molecule has 3 aliphatic rings. The topological polar surface area (TPSA) is 171 Å². The molecule has 0 aliphatic heterocycles. The van der Waals surface area contributed by atoms with E-state index in [1.807, 2.05) is 0 Å². The number of pyridine rings is 1. The largest absolute Gasteiger partial charge is 0.511 e. The van der Waals surface area contributed by atoms with Crippen LogP contribution in [0.3, 0.4) is 0 Å². The minimum absolute atomic E-state index is 0.0587. The van der Waals surface area contributed by atoms with Crippen LogP contribution in [-0.2, 0) is 9.59 Å². The number of aliphatic hydroxyl groups is 3. The zero-order valence-electron chi connectivity index (χ0n) is 19.7. The summed E-state index contributed by atoms with van der Waals surface area (Å²) >= 11 is 0. The van der Waals surface area contributed by atoms with Crippen molar-refractivity contribution in [3.05, 3.63) is 93.8 Å². The van der Waals surface area contributed by atoms with Gasteiger partial charge in [0.05, 0.1) is 5.56 Å². The summed E-state index contributed by atoms with van der Waals surface area (Å²) < 4.78 is 13.8. The fourth-order valence-electron chi connectivity index (χ4n) is 6.33. The number of hydrogen-bond acceptors (Lipinski definition) is 8. The molecule has 192 valence electrons. The Bertz CT molecular complexity index is 1660. The summed E-state index contributed by atoms with van der Waals surface area (Å²) in [6, 6.07) is 10.6. The van der Waals surface area contributed by atoms with Crippen LogP contribution in [0.1, 0.15) is 40.2 Å². The number of allylic oxidation sites excluding steroid dienone is 2. The maximum atomic E-state index is 13.9. The molecule has 0 bridgehead atoms. The van der Waals surface area contributed by atoms with Crippen molar-refractivity contribution in [2.24, 2.45) is 17.6 Å². The third-order valence-corrected chi connectivity index (χ3v) is 8.00. The van der Waals surface area contributed by atoms with E-state index in [0.717, 1.165) is 0 Å². The molecule has 2 aromatic carbocycles. The number of ketones is 2. The van der Waals surface area contributed by atoms with E-state index in [1.54, 1.807) is 18.2 Å². The lowest BCUT2D eigenvalue weighted by atomic mass is 9.56. The number of benzene rings is 2. The highest BCUT2D eigenvalue weighted by Crippen LogP contribution is 2.57. The molecule has 0 radical (unpaired) electrons. The molecule has 0 spiro atoms. The number of nitrogens with zero attached hydrogens (tertiary/aromatic N) is 1.